The summed E-state index contributed by atoms with van der Waals surface area (Å²) in [5.74, 6) is -2.57. The molecule has 0 rings (SSSR count). The number of carbonyl (C=O) groups is 2. The Kier molecular flexibility index (Phi) is 6.27. The molecule has 0 fully saturated rings. The zero-order valence-corrected chi connectivity index (χ0v) is 6.92. The number of halogens is 1. The van der Waals surface area contributed by atoms with Crippen molar-refractivity contribution in [2.24, 2.45) is 0 Å². The third-order valence-corrected chi connectivity index (χ3v) is 1.31. The van der Waals surface area contributed by atoms with Gasteiger partial charge in [0.05, 0.1) is 17.2 Å². The zero-order chi connectivity index (χ0) is 7.44. The number of alkyl halides is 1. The van der Waals surface area contributed by atoms with E-state index in [0.717, 1.165) is 0 Å². The molecule has 1 unspecified atom stereocenters. The highest BCUT2D eigenvalue weighted by Crippen LogP contribution is 2.02. The van der Waals surface area contributed by atoms with E-state index in [4.69, 9.17) is 5.11 Å². The van der Waals surface area contributed by atoms with E-state index in [9.17, 15) is 14.7 Å². The van der Waals surface area contributed by atoms with E-state index in [1.165, 1.54) is 0 Å². The lowest BCUT2D eigenvalue weighted by atomic mass is 10.3. The first-order valence-electron chi connectivity index (χ1n) is 2.10. The standard InChI is InChI=1S/C4H5BrO4.H3N/c5-2(4(8)9)1-3(6)7;/h2H,1H2,(H,6,7)(H,8,9);1H3. The summed E-state index contributed by atoms with van der Waals surface area (Å²) >= 11 is 2.60. The number of carboxylic acids is 2. The fourth-order valence-electron chi connectivity index (χ4n) is 0.237. The first kappa shape index (κ1) is 12.1. The predicted octanol–water partition coefficient (Wildman–Crippen LogP) is -0.649. The molecule has 0 heterocycles. The second-order valence-corrected chi connectivity index (χ2v) is 2.49. The van der Waals surface area contributed by atoms with Gasteiger partial charge in [0.15, 0.2) is 0 Å². The van der Waals surface area contributed by atoms with Crippen LogP contribution in [-0.2, 0) is 9.59 Å². The zero-order valence-electron chi connectivity index (χ0n) is 5.33. The van der Waals surface area contributed by atoms with Gasteiger partial charge in [-0.15, -0.1) is 0 Å². The molecule has 5 nitrogen and oxygen atoms in total. The van der Waals surface area contributed by atoms with Gasteiger partial charge < -0.3 is 21.2 Å². The smallest absolute Gasteiger partial charge is 0.304 e. The van der Waals surface area contributed by atoms with Crippen molar-refractivity contribution in [1.29, 1.82) is 0 Å². The van der Waals surface area contributed by atoms with Gasteiger partial charge in [-0.2, -0.15) is 0 Å². The van der Waals surface area contributed by atoms with Gasteiger partial charge in [0.1, 0.15) is 0 Å². The first-order chi connectivity index (χ1) is 4.04. The van der Waals surface area contributed by atoms with Gasteiger partial charge in [-0.25, -0.2) is 0 Å². The number of rotatable bonds is 3. The van der Waals surface area contributed by atoms with Crippen LogP contribution in [0.4, 0.5) is 0 Å². The van der Waals surface area contributed by atoms with Gasteiger partial charge in [0, 0.05) is 0 Å². The Morgan fingerprint density at radius 3 is 2.10 bits per heavy atom. The van der Waals surface area contributed by atoms with Crippen molar-refractivity contribution < 1.29 is 19.8 Å². The number of aliphatic carboxylic acids is 2. The lowest BCUT2D eigenvalue weighted by molar-refractivity contribution is -0.304. The average Bonchev–Trinajstić information content (AvgIpc) is 1.63. The molecule has 1 atom stereocenters. The summed E-state index contributed by atoms with van der Waals surface area (Å²) in [6.45, 7) is 0. The number of carboxylic acid groups (broad SMARTS) is 2. The highest BCUT2D eigenvalue weighted by atomic mass is 79.9. The SMILES string of the molecule is O=C(O)CC(Br)C(=O)[O-].[NH4+]. The van der Waals surface area contributed by atoms with Crippen LogP contribution in [0, 0.1) is 0 Å². The molecule has 0 aliphatic rings. The molecule has 60 valence electrons. The maximum Gasteiger partial charge on any atom is 0.304 e. The highest BCUT2D eigenvalue weighted by Gasteiger charge is 2.08. The molecule has 5 N–H and O–H groups in total. The molecule has 0 aliphatic carbocycles. The lowest BCUT2D eigenvalue weighted by Crippen LogP contribution is -2.33. The molecule has 0 amide bonds. The van der Waals surface area contributed by atoms with Crippen molar-refractivity contribution in [2.45, 2.75) is 11.2 Å². The second-order valence-electron chi connectivity index (χ2n) is 1.38. The maximum absolute atomic E-state index is 9.81. The fraction of sp³-hybridized carbons (Fsp3) is 0.500. The van der Waals surface area contributed by atoms with Gasteiger partial charge >= 0.3 is 5.97 Å². The topological polar surface area (TPSA) is 114 Å². The molecule has 6 heteroatoms. The third kappa shape index (κ3) is 5.52. The minimum Gasteiger partial charge on any atom is -0.549 e. The van der Waals surface area contributed by atoms with Crippen molar-refractivity contribution in [3.8, 4) is 0 Å². The molecule has 0 aliphatic heterocycles. The van der Waals surface area contributed by atoms with E-state index in [2.05, 4.69) is 15.9 Å². The molecule has 0 bridgehead atoms. The van der Waals surface area contributed by atoms with E-state index in [1.54, 1.807) is 0 Å². The van der Waals surface area contributed by atoms with Crippen molar-refractivity contribution in [3.63, 3.8) is 0 Å². The van der Waals surface area contributed by atoms with E-state index in [-0.39, 0.29) is 6.15 Å². The maximum atomic E-state index is 9.81. The predicted molar refractivity (Wildman–Crippen MR) is 36.0 cm³/mol. The molecule has 0 saturated carbocycles. The Labute approximate surface area is 65.7 Å². The number of carbonyl (C=O) groups excluding carboxylic acids is 1. The lowest BCUT2D eigenvalue weighted by Gasteiger charge is -2.05. The van der Waals surface area contributed by atoms with Crippen LogP contribution in [0.1, 0.15) is 6.42 Å². The summed E-state index contributed by atoms with van der Waals surface area (Å²) in [4.78, 5) is 18.5. The van der Waals surface area contributed by atoms with Crippen LogP contribution in [0.15, 0.2) is 0 Å². The van der Waals surface area contributed by atoms with Gasteiger partial charge in [-0.05, 0) is 0 Å². The quantitative estimate of drug-likeness (QED) is 0.607. The minimum atomic E-state index is -1.41. The molecule has 0 radical (unpaired) electrons. The Morgan fingerprint density at radius 1 is 1.60 bits per heavy atom. The number of quaternary nitrogens is 1. The van der Waals surface area contributed by atoms with Crippen LogP contribution in [0.5, 0.6) is 0 Å². The van der Waals surface area contributed by atoms with Gasteiger partial charge in [-0.1, -0.05) is 15.9 Å². The highest BCUT2D eigenvalue weighted by molar-refractivity contribution is 9.10. The second kappa shape index (κ2) is 5.19. The van der Waals surface area contributed by atoms with Crippen LogP contribution in [0.3, 0.4) is 0 Å². The molecule has 0 spiro atoms. The average molecular weight is 214 g/mol. The molecule has 10 heavy (non-hydrogen) atoms. The largest absolute Gasteiger partial charge is 0.549 e. The van der Waals surface area contributed by atoms with E-state index in [1.807, 2.05) is 0 Å². The molecule has 0 aromatic rings. The minimum absolute atomic E-state index is 0. The summed E-state index contributed by atoms with van der Waals surface area (Å²) in [7, 11) is 0. The summed E-state index contributed by atoms with van der Waals surface area (Å²) in [6.07, 6.45) is -0.456. The first-order valence-corrected chi connectivity index (χ1v) is 3.02. The fourth-order valence-corrected chi connectivity index (χ4v) is 0.514. The van der Waals surface area contributed by atoms with E-state index < -0.39 is 23.2 Å². The molecule has 0 aromatic heterocycles. The summed E-state index contributed by atoms with van der Waals surface area (Å²) in [5, 5.41) is 17.8. The van der Waals surface area contributed by atoms with Crippen LogP contribution >= 0.6 is 15.9 Å². The Balaban J connectivity index is 0. The molecule has 0 aromatic carbocycles. The van der Waals surface area contributed by atoms with Gasteiger partial charge in [-0.3, -0.25) is 4.79 Å². The Morgan fingerprint density at radius 2 is 2.00 bits per heavy atom. The van der Waals surface area contributed by atoms with E-state index in [0.29, 0.717) is 0 Å². The van der Waals surface area contributed by atoms with E-state index >= 15 is 0 Å². The normalized spacial score (nSPS) is 11.3. The molecular formula is C4H8BrNO4. The number of hydrogen-bond donors (Lipinski definition) is 2. The van der Waals surface area contributed by atoms with Crippen LogP contribution in [0.25, 0.3) is 0 Å². The summed E-state index contributed by atoms with van der Waals surface area (Å²) in [5.41, 5.74) is 0. The summed E-state index contributed by atoms with van der Waals surface area (Å²) in [6, 6.07) is 0. The molecular weight excluding hydrogens is 206 g/mol. The third-order valence-electron chi connectivity index (χ3n) is 0.610. The van der Waals surface area contributed by atoms with Crippen molar-refractivity contribution >= 4 is 27.9 Å². The molecule has 0 saturated heterocycles. The van der Waals surface area contributed by atoms with Crippen LogP contribution in [-0.4, -0.2) is 21.9 Å². The monoisotopic (exact) mass is 213 g/mol. The summed E-state index contributed by atoms with van der Waals surface area (Å²) < 4.78 is 0. The van der Waals surface area contributed by atoms with Gasteiger partial charge in [0.25, 0.3) is 0 Å². The van der Waals surface area contributed by atoms with Crippen LogP contribution in [0.2, 0.25) is 0 Å². The number of hydrogen-bond acceptors (Lipinski definition) is 3. The van der Waals surface area contributed by atoms with Crippen LogP contribution < -0.4 is 11.3 Å². The Hall–Kier alpha value is -0.620. The van der Waals surface area contributed by atoms with Crippen molar-refractivity contribution in [1.82, 2.24) is 6.15 Å². The van der Waals surface area contributed by atoms with Crippen molar-refractivity contribution in [3.05, 3.63) is 0 Å². The van der Waals surface area contributed by atoms with Gasteiger partial charge in [0.2, 0.25) is 0 Å². The van der Waals surface area contributed by atoms with Crippen molar-refractivity contribution in [2.75, 3.05) is 0 Å². The Bertz CT molecular complexity index is 137.